The van der Waals surface area contributed by atoms with Gasteiger partial charge in [0.05, 0.1) is 11.3 Å². The normalized spacial score (nSPS) is 29.6. The summed E-state index contributed by atoms with van der Waals surface area (Å²) in [6, 6.07) is 26.2. The Balaban J connectivity index is 0.00000225. The van der Waals surface area contributed by atoms with Gasteiger partial charge in [0.1, 0.15) is 0 Å². The maximum absolute atomic E-state index is 5.14. The molecule has 38 heavy (non-hydrogen) atoms. The fraction of sp³-hybridized carbons (Fsp3) is 0.400. The molecule has 6 atom stereocenters. The van der Waals surface area contributed by atoms with Gasteiger partial charge in [0.25, 0.3) is 0 Å². The third kappa shape index (κ3) is 3.24. The Bertz CT molecular complexity index is 1650. The van der Waals surface area contributed by atoms with Crippen LogP contribution in [0, 0.1) is 29.7 Å². The summed E-state index contributed by atoms with van der Waals surface area (Å²) in [5, 5.41) is 3.67. The molecular formula is C35H33IrN2-. The molecule has 4 bridgehead atoms. The minimum Gasteiger partial charge on any atom is -0.333 e. The number of nitrogens with zero attached hydrogens (tertiary/aromatic N) is 2. The second kappa shape index (κ2) is 8.77. The van der Waals surface area contributed by atoms with Crippen molar-refractivity contribution in [2.45, 2.75) is 63.2 Å². The molecule has 4 aliphatic rings. The third-order valence-corrected chi connectivity index (χ3v) is 10.9. The number of pyridine rings is 1. The molecule has 5 aromatic rings. The van der Waals surface area contributed by atoms with Gasteiger partial charge in [-0.05, 0) is 96.6 Å². The van der Waals surface area contributed by atoms with E-state index in [0.717, 1.165) is 34.7 Å². The molecule has 0 N–H and O–H groups in total. The fourth-order valence-corrected chi connectivity index (χ4v) is 9.44. The zero-order valence-electron chi connectivity index (χ0n) is 21.7. The predicted octanol–water partition coefficient (Wildman–Crippen LogP) is 8.91. The molecule has 4 fully saturated rings. The largest absolute Gasteiger partial charge is 0.333 e. The predicted molar refractivity (Wildman–Crippen MR) is 151 cm³/mol. The number of aromatic nitrogens is 2. The summed E-state index contributed by atoms with van der Waals surface area (Å²) in [6.07, 6.45) is 13.6. The fourth-order valence-electron chi connectivity index (χ4n) is 9.44. The molecule has 2 nitrogen and oxygen atoms in total. The van der Waals surface area contributed by atoms with Crippen molar-refractivity contribution in [2.24, 2.45) is 23.7 Å². The summed E-state index contributed by atoms with van der Waals surface area (Å²) >= 11 is 0. The van der Waals surface area contributed by atoms with E-state index in [1.165, 1.54) is 78.9 Å². The molecule has 0 aliphatic heterocycles. The zero-order chi connectivity index (χ0) is 24.1. The van der Waals surface area contributed by atoms with E-state index in [-0.39, 0.29) is 20.1 Å². The minimum absolute atomic E-state index is 0. The van der Waals surface area contributed by atoms with Crippen molar-refractivity contribution in [3.63, 3.8) is 0 Å². The van der Waals surface area contributed by atoms with Crippen LogP contribution in [0.3, 0.4) is 0 Å². The Morgan fingerprint density at radius 2 is 1.39 bits per heavy atom. The van der Waals surface area contributed by atoms with Gasteiger partial charge < -0.3 is 4.40 Å². The summed E-state index contributed by atoms with van der Waals surface area (Å²) in [4.78, 5) is 5.14. The van der Waals surface area contributed by atoms with Gasteiger partial charge in [-0.2, -0.15) is 0 Å². The Hall–Kier alpha value is -2.48. The molecule has 4 aliphatic carbocycles. The molecule has 2 heterocycles. The summed E-state index contributed by atoms with van der Waals surface area (Å²) in [7, 11) is 0. The van der Waals surface area contributed by atoms with Crippen LogP contribution in [0.1, 0.15) is 74.3 Å². The molecule has 2 aromatic heterocycles. The Morgan fingerprint density at radius 1 is 0.711 bits per heavy atom. The first-order chi connectivity index (χ1) is 18.3. The molecule has 1 radical (unpaired) electrons. The number of benzene rings is 3. The monoisotopic (exact) mass is 674 g/mol. The average Bonchev–Trinajstić information content (AvgIpc) is 3.79. The summed E-state index contributed by atoms with van der Waals surface area (Å²) in [5.74, 6) is 5.02. The van der Waals surface area contributed by atoms with Crippen molar-refractivity contribution in [3.8, 4) is 11.3 Å². The van der Waals surface area contributed by atoms with E-state index in [2.05, 4.69) is 71.3 Å². The van der Waals surface area contributed by atoms with Crippen LogP contribution in [0.4, 0.5) is 0 Å². The molecule has 0 spiro atoms. The smallest absolute Gasteiger partial charge is 0.0639 e. The van der Waals surface area contributed by atoms with Gasteiger partial charge >= 0.3 is 0 Å². The Morgan fingerprint density at radius 3 is 2.05 bits per heavy atom. The van der Waals surface area contributed by atoms with Crippen LogP contribution in [0.25, 0.3) is 38.6 Å². The van der Waals surface area contributed by atoms with Gasteiger partial charge in [-0.15, -0.1) is 29.7 Å². The summed E-state index contributed by atoms with van der Waals surface area (Å²) in [6.45, 7) is 0. The molecule has 3 aromatic carbocycles. The molecule has 193 valence electrons. The molecule has 0 amide bonds. The van der Waals surface area contributed by atoms with Gasteiger partial charge in [-0.3, -0.25) is 4.98 Å². The van der Waals surface area contributed by atoms with Crippen LogP contribution < -0.4 is 0 Å². The zero-order valence-corrected chi connectivity index (χ0v) is 24.1. The molecule has 0 saturated heterocycles. The number of para-hydroxylation sites is 1. The topological polar surface area (TPSA) is 17.3 Å². The maximum Gasteiger partial charge on any atom is 0.0639 e. The molecule has 9 rings (SSSR count). The minimum atomic E-state index is 0. The first-order valence-corrected chi connectivity index (χ1v) is 14.6. The van der Waals surface area contributed by atoms with Crippen molar-refractivity contribution in [3.05, 3.63) is 84.1 Å². The van der Waals surface area contributed by atoms with E-state index in [0.29, 0.717) is 11.8 Å². The van der Waals surface area contributed by atoms with Crippen LogP contribution in [-0.2, 0) is 20.1 Å². The SMILES string of the molecule is [Ir].[c-]1cccc2c1c1ncc(-c3c(C4CC5CCC4C5)cccc3C3CC4CCC3C4)n1c1ccccc21. The third-order valence-electron chi connectivity index (χ3n) is 10.9. The van der Waals surface area contributed by atoms with Crippen molar-refractivity contribution in [1.29, 1.82) is 0 Å². The number of rotatable bonds is 3. The van der Waals surface area contributed by atoms with Crippen LogP contribution in [0.2, 0.25) is 0 Å². The van der Waals surface area contributed by atoms with Crippen molar-refractivity contribution in [2.75, 3.05) is 0 Å². The molecule has 3 heteroatoms. The van der Waals surface area contributed by atoms with Crippen LogP contribution >= 0.6 is 0 Å². The standard InChI is InChI=1S/C35H33N2.Ir/c1-2-8-29-25(6-1)26-7-3-4-11-32(26)37-33(20-36-35(29)37)34-27(30-18-21-12-14-23(30)16-21)9-5-10-28(34)31-19-22-13-15-24(31)17-22;/h1-7,9-11,20-24,30-31H,12-19H2;/q-1;. The van der Waals surface area contributed by atoms with Crippen LogP contribution in [0.5, 0.6) is 0 Å². The second-order valence-electron chi connectivity index (χ2n) is 12.7. The molecule has 6 unspecified atom stereocenters. The second-order valence-corrected chi connectivity index (χ2v) is 12.7. The first-order valence-electron chi connectivity index (χ1n) is 14.6. The van der Waals surface area contributed by atoms with E-state index in [1.807, 2.05) is 6.07 Å². The van der Waals surface area contributed by atoms with Gasteiger partial charge in [0, 0.05) is 37.4 Å². The van der Waals surface area contributed by atoms with Crippen molar-refractivity contribution < 1.29 is 20.1 Å². The van der Waals surface area contributed by atoms with E-state index < -0.39 is 0 Å². The van der Waals surface area contributed by atoms with Crippen molar-refractivity contribution in [1.82, 2.24) is 9.38 Å². The quantitative estimate of drug-likeness (QED) is 0.138. The Labute approximate surface area is 238 Å². The van der Waals surface area contributed by atoms with E-state index >= 15 is 0 Å². The summed E-state index contributed by atoms with van der Waals surface area (Å²) < 4.78 is 2.48. The summed E-state index contributed by atoms with van der Waals surface area (Å²) in [5.41, 5.74) is 8.39. The van der Waals surface area contributed by atoms with E-state index in [9.17, 15) is 0 Å². The first kappa shape index (κ1) is 23.4. The van der Waals surface area contributed by atoms with Gasteiger partial charge in [-0.25, -0.2) is 0 Å². The van der Waals surface area contributed by atoms with Gasteiger partial charge in [0.15, 0.2) is 0 Å². The van der Waals surface area contributed by atoms with E-state index in [4.69, 9.17) is 4.98 Å². The number of imidazole rings is 1. The van der Waals surface area contributed by atoms with Crippen molar-refractivity contribution >= 4 is 27.3 Å². The van der Waals surface area contributed by atoms with Crippen LogP contribution in [0.15, 0.2) is 66.9 Å². The maximum atomic E-state index is 5.14. The number of hydrogen-bond donors (Lipinski definition) is 0. The van der Waals surface area contributed by atoms with Gasteiger partial charge in [0.2, 0.25) is 0 Å². The Kier molecular flexibility index (Phi) is 5.40. The average molecular weight is 674 g/mol. The van der Waals surface area contributed by atoms with E-state index in [1.54, 1.807) is 11.1 Å². The van der Waals surface area contributed by atoms with Gasteiger partial charge in [-0.1, -0.05) is 54.6 Å². The molecular weight excluding hydrogens is 641 g/mol. The number of fused-ring (bicyclic) bond motifs is 10. The molecule has 4 saturated carbocycles. The number of hydrogen-bond acceptors (Lipinski definition) is 1. The van der Waals surface area contributed by atoms with Crippen LogP contribution in [-0.4, -0.2) is 9.38 Å².